The minimum Gasteiger partial charge on any atom is -0.342 e. The number of hydrogen-bond acceptors (Lipinski definition) is 13. The van der Waals surface area contributed by atoms with E-state index in [1.54, 1.807) is 55.4 Å². The molecule has 6 aliphatic rings. The van der Waals surface area contributed by atoms with E-state index in [1.807, 2.05) is 0 Å². The first-order valence-electron chi connectivity index (χ1n) is 13.3. The summed E-state index contributed by atoms with van der Waals surface area (Å²) < 4.78 is 93.6. The molecule has 1 N–H and O–H groups in total. The van der Waals surface area contributed by atoms with Crippen molar-refractivity contribution in [2.45, 2.75) is 140 Å². The molecule has 39 heavy (non-hydrogen) atoms. The van der Waals surface area contributed by atoms with Gasteiger partial charge < -0.3 is 47.4 Å². The quantitative estimate of drug-likeness (QED) is 0.468. The molecule has 10 atom stereocenters. The molecule has 15 heteroatoms. The first-order valence-corrected chi connectivity index (χ1v) is 14.7. The highest BCUT2D eigenvalue weighted by atomic mass is 32.2. The number of fused-ring (bicyclic) bond motifs is 6. The molecule has 0 aromatic carbocycles. The Morgan fingerprint density at radius 1 is 0.564 bits per heavy atom. The van der Waals surface area contributed by atoms with Gasteiger partial charge in [0.2, 0.25) is 0 Å². The zero-order valence-corrected chi connectivity index (χ0v) is 24.2. The van der Waals surface area contributed by atoms with Crippen LogP contribution in [0.2, 0.25) is 0 Å². The number of nitrogens with one attached hydrogen (secondary N) is 1. The Morgan fingerprint density at radius 2 is 0.949 bits per heavy atom. The molecule has 0 radical (unpaired) electrons. The van der Waals surface area contributed by atoms with Crippen molar-refractivity contribution in [3.63, 3.8) is 0 Å². The largest absolute Gasteiger partial charge is 0.342 e. The summed E-state index contributed by atoms with van der Waals surface area (Å²) in [6, 6.07) is 0. The molecule has 6 fully saturated rings. The van der Waals surface area contributed by atoms with Crippen molar-refractivity contribution in [2.75, 3.05) is 13.2 Å². The molecule has 6 heterocycles. The highest BCUT2D eigenvalue weighted by molar-refractivity contribution is 7.84. The normalized spacial score (nSPS) is 46.9. The predicted octanol–water partition coefficient (Wildman–Crippen LogP) is 0.630. The van der Waals surface area contributed by atoms with Crippen LogP contribution in [-0.4, -0.2) is 106 Å². The van der Waals surface area contributed by atoms with Gasteiger partial charge in [-0.05, 0) is 55.4 Å². The first-order chi connectivity index (χ1) is 17.9. The maximum absolute atomic E-state index is 12.9. The number of hydrogen-bond donors (Lipinski definition) is 1. The van der Waals surface area contributed by atoms with Crippen LogP contribution >= 0.6 is 0 Å². The van der Waals surface area contributed by atoms with Crippen LogP contribution < -0.4 is 4.72 Å². The highest BCUT2D eigenvalue weighted by Gasteiger charge is 2.62. The van der Waals surface area contributed by atoms with Gasteiger partial charge in [0.15, 0.2) is 35.7 Å². The van der Waals surface area contributed by atoms with Crippen LogP contribution in [0.4, 0.5) is 0 Å². The van der Waals surface area contributed by atoms with E-state index in [2.05, 4.69) is 4.72 Å². The Morgan fingerprint density at radius 3 is 1.46 bits per heavy atom. The second-order valence-corrected chi connectivity index (χ2v) is 13.9. The van der Waals surface area contributed by atoms with E-state index in [-0.39, 0.29) is 13.2 Å². The molecule has 224 valence electrons. The second-order valence-electron chi connectivity index (χ2n) is 12.5. The number of ether oxygens (including phenoxy) is 10. The Hall–Kier alpha value is -0.530. The monoisotopic (exact) mass is 581 g/mol. The van der Waals surface area contributed by atoms with Gasteiger partial charge in [-0.15, -0.1) is 0 Å². The van der Waals surface area contributed by atoms with Crippen molar-refractivity contribution in [1.82, 2.24) is 4.72 Å². The Labute approximate surface area is 228 Å². The van der Waals surface area contributed by atoms with Gasteiger partial charge in [0.05, 0.1) is 6.61 Å². The summed E-state index contributed by atoms with van der Waals surface area (Å²) in [7, 11) is -4.23. The van der Waals surface area contributed by atoms with Gasteiger partial charge in [-0.25, -0.2) is 0 Å². The molecule has 0 aromatic rings. The van der Waals surface area contributed by atoms with Gasteiger partial charge >= 0.3 is 10.3 Å². The maximum atomic E-state index is 12.9. The zero-order chi connectivity index (χ0) is 28.2. The fourth-order valence-electron chi connectivity index (χ4n) is 6.07. The van der Waals surface area contributed by atoms with E-state index in [9.17, 15) is 8.42 Å². The van der Waals surface area contributed by atoms with Crippen LogP contribution in [0, 0.1) is 0 Å². The molecule has 6 saturated heterocycles. The third-order valence-corrected chi connectivity index (χ3v) is 8.32. The van der Waals surface area contributed by atoms with Crippen molar-refractivity contribution in [1.29, 1.82) is 0 Å². The summed E-state index contributed by atoms with van der Waals surface area (Å²) in [6.07, 6.45) is -6.28. The van der Waals surface area contributed by atoms with Crippen LogP contribution in [-0.2, 0) is 61.9 Å². The standard InChI is InChI=1S/C24H39NO13S/c1-21(2)31-13-11(29-19-17(15(13)33-21)35-23(5,6)37-19)9-25-39(26,27)28-10-12-14-16(34-22(3,4)32-14)18-20(30-12)38-24(7,8)36-18/h11-20,25H,9-10H2,1-8H3/t11?,12?,13-,14-,15?,16?,17?,18?,19+,20+/m0/s1. The van der Waals surface area contributed by atoms with Crippen molar-refractivity contribution in [3.05, 3.63) is 0 Å². The van der Waals surface area contributed by atoms with Crippen molar-refractivity contribution in [2.24, 2.45) is 0 Å². The van der Waals surface area contributed by atoms with Crippen LogP contribution in [0.1, 0.15) is 55.4 Å². The molecule has 6 aliphatic heterocycles. The molecule has 0 saturated carbocycles. The lowest BCUT2D eigenvalue weighted by Crippen LogP contribution is -2.58. The Balaban J connectivity index is 1.10. The van der Waals surface area contributed by atoms with Crippen molar-refractivity contribution < 1.29 is 60.0 Å². The van der Waals surface area contributed by atoms with Crippen LogP contribution in [0.3, 0.4) is 0 Å². The fourth-order valence-corrected chi connectivity index (χ4v) is 6.83. The van der Waals surface area contributed by atoms with Gasteiger partial charge in [0, 0.05) is 6.54 Å². The lowest BCUT2D eigenvalue weighted by molar-refractivity contribution is -0.238. The van der Waals surface area contributed by atoms with E-state index in [0.717, 1.165) is 0 Å². The topological polar surface area (TPSA) is 148 Å². The summed E-state index contributed by atoms with van der Waals surface area (Å²) in [5.74, 6) is -3.58. The summed E-state index contributed by atoms with van der Waals surface area (Å²) in [5, 5.41) is 0. The maximum Gasteiger partial charge on any atom is 0.336 e. The van der Waals surface area contributed by atoms with E-state index < -0.39 is 94.9 Å². The highest BCUT2D eigenvalue weighted by Crippen LogP contribution is 2.45. The molecule has 0 bridgehead atoms. The lowest BCUT2D eigenvalue weighted by Gasteiger charge is -2.37. The fraction of sp³-hybridized carbons (Fsp3) is 1.00. The minimum absolute atomic E-state index is 0.143. The van der Waals surface area contributed by atoms with Gasteiger partial charge in [-0.2, -0.15) is 13.1 Å². The zero-order valence-electron chi connectivity index (χ0n) is 23.4. The van der Waals surface area contributed by atoms with Gasteiger partial charge in [0.1, 0.15) is 48.8 Å². The molecule has 6 rings (SSSR count). The van der Waals surface area contributed by atoms with E-state index >= 15 is 0 Å². The summed E-state index contributed by atoms with van der Waals surface area (Å²) in [4.78, 5) is 0. The smallest absolute Gasteiger partial charge is 0.336 e. The third-order valence-electron chi connectivity index (χ3n) is 7.35. The second kappa shape index (κ2) is 9.23. The molecule has 0 aliphatic carbocycles. The predicted molar refractivity (Wildman–Crippen MR) is 128 cm³/mol. The lowest BCUT2D eigenvalue weighted by atomic mass is 9.99. The van der Waals surface area contributed by atoms with Gasteiger partial charge in [0.25, 0.3) is 0 Å². The van der Waals surface area contributed by atoms with Crippen LogP contribution in [0.15, 0.2) is 0 Å². The molecular formula is C24H39NO13S. The Bertz CT molecular complexity index is 988. The molecule has 6 unspecified atom stereocenters. The average Bonchev–Trinajstić information content (AvgIpc) is 3.47. The SMILES string of the molecule is CC1(C)OC2C3OC(C)(C)O[C@H]3C(CNS(=O)(=O)OCC3O[C@@H]4OC(C)(C)OC4C4OC(C)(C)O[C@@H]34)O[C@@H]2O1. The van der Waals surface area contributed by atoms with Crippen molar-refractivity contribution in [3.8, 4) is 0 Å². The summed E-state index contributed by atoms with van der Waals surface area (Å²) >= 11 is 0. The first kappa shape index (κ1) is 28.6. The molecule has 14 nitrogen and oxygen atoms in total. The Kier molecular flexibility index (Phi) is 6.77. The van der Waals surface area contributed by atoms with E-state index in [1.165, 1.54) is 0 Å². The van der Waals surface area contributed by atoms with Crippen molar-refractivity contribution >= 4 is 10.3 Å². The third kappa shape index (κ3) is 5.63. The van der Waals surface area contributed by atoms with Gasteiger partial charge in [-0.3, -0.25) is 4.18 Å². The van der Waals surface area contributed by atoms with Gasteiger partial charge in [-0.1, -0.05) is 0 Å². The molecule has 0 aromatic heterocycles. The molecule has 0 amide bonds. The van der Waals surface area contributed by atoms with E-state index in [4.69, 9.17) is 51.6 Å². The van der Waals surface area contributed by atoms with E-state index in [0.29, 0.717) is 0 Å². The summed E-state index contributed by atoms with van der Waals surface area (Å²) in [5.41, 5.74) is 0. The molecule has 0 spiro atoms. The summed E-state index contributed by atoms with van der Waals surface area (Å²) in [6.45, 7) is 13.7. The average molecular weight is 582 g/mol. The van der Waals surface area contributed by atoms with Crippen LogP contribution in [0.25, 0.3) is 0 Å². The molecular weight excluding hydrogens is 542 g/mol. The minimum atomic E-state index is -4.23. The van der Waals surface area contributed by atoms with Crippen LogP contribution in [0.5, 0.6) is 0 Å². The number of rotatable bonds is 6.